The summed E-state index contributed by atoms with van der Waals surface area (Å²) in [5.74, 6) is 0.383. The van der Waals surface area contributed by atoms with Crippen molar-refractivity contribution < 1.29 is 9.18 Å². The number of aromatic nitrogens is 3. The van der Waals surface area contributed by atoms with Crippen LogP contribution in [0, 0.1) is 5.41 Å². The predicted octanol–water partition coefficient (Wildman–Crippen LogP) is 2.70. The van der Waals surface area contributed by atoms with Crippen LogP contribution in [0.2, 0.25) is 0 Å². The molecule has 0 saturated heterocycles. The molecule has 0 fully saturated rings. The minimum Gasteiger partial charge on any atom is -0.272 e. The maximum Gasteiger partial charge on any atom is 0.254 e. The molecule has 0 spiro atoms. The molecule has 3 heterocycles. The maximum atomic E-state index is 13.4. The summed E-state index contributed by atoms with van der Waals surface area (Å²) in [7, 11) is 1.60. The Morgan fingerprint density at radius 1 is 1.35 bits per heavy atom. The summed E-state index contributed by atoms with van der Waals surface area (Å²) in [6, 6.07) is 5.15. The van der Waals surface area contributed by atoms with E-state index in [2.05, 4.69) is 31.1 Å². The zero-order chi connectivity index (χ0) is 16.8. The zero-order valence-corrected chi connectivity index (χ0v) is 14.5. The van der Waals surface area contributed by atoms with Gasteiger partial charge in [-0.3, -0.25) is 4.79 Å². The smallest absolute Gasteiger partial charge is 0.254 e. The third kappa shape index (κ3) is 2.56. The molecule has 0 unspecified atom stereocenters. The molecule has 0 aromatic carbocycles. The van der Waals surface area contributed by atoms with Crippen molar-refractivity contribution in [2.75, 3.05) is 7.05 Å². The van der Waals surface area contributed by atoms with Gasteiger partial charge in [0.2, 0.25) is 0 Å². The van der Waals surface area contributed by atoms with E-state index in [0.29, 0.717) is 22.9 Å². The summed E-state index contributed by atoms with van der Waals surface area (Å²) in [6.45, 7) is 2.87. The molecule has 0 radical (unpaired) electrons. The molecule has 0 bridgehead atoms. The van der Waals surface area contributed by atoms with Crippen molar-refractivity contribution in [3.05, 3.63) is 40.3 Å². The van der Waals surface area contributed by atoms with Crippen molar-refractivity contribution in [3.8, 4) is 5.82 Å². The Morgan fingerprint density at radius 3 is 2.61 bits per heavy atom. The lowest BCUT2D eigenvalue weighted by atomic mass is 9.85. The Kier molecular flexibility index (Phi) is 3.79. The van der Waals surface area contributed by atoms with Gasteiger partial charge in [0.25, 0.3) is 5.91 Å². The quantitative estimate of drug-likeness (QED) is 0.823. The fourth-order valence-corrected chi connectivity index (χ4v) is 2.75. The van der Waals surface area contributed by atoms with Gasteiger partial charge in [-0.2, -0.15) is 10.2 Å². The van der Waals surface area contributed by atoms with Gasteiger partial charge in [0.1, 0.15) is 18.1 Å². The van der Waals surface area contributed by atoms with Crippen LogP contribution in [0.5, 0.6) is 0 Å². The molecule has 2 aromatic heterocycles. The molecule has 23 heavy (non-hydrogen) atoms. The van der Waals surface area contributed by atoms with Crippen LogP contribution in [0.3, 0.4) is 0 Å². The summed E-state index contributed by atoms with van der Waals surface area (Å²) >= 11 is 3.31. The molecular formula is C15H15BrFN5O. The molecule has 0 aliphatic carbocycles. The molecule has 0 N–H and O–H groups in total. The number of pyridine rings is 1. The van der Waals surface area contributed by atoms with E-state index in [1.165, 1.54) is 9.69 Å². The number of amides is 1. The zero-order valence-electron chi connectivity index (χ0n) is 12.9. The molecular weight excluding hydrogens is 365 g/mol. The van der Waals surface area contributed by atoms with Gasteiger partial charge in [-0.25, -0.2) is 19.1 Å². The first kappa shape index (κ1) is 15.8. The number of hydrazone groups is 1. The Labute approximate surface area is 141 Å². The molecule has 0 atom stereocenters. The molecule has 0 saturated carbocycles. The van der Waals surface area contributed by atoms with Gasteiger partial charge < -0.3 is 0 Å². The van der Waals surface area contributed by atoms with Gasteiger partial charge in [0.05, 0.1) is 11.1 Å². The first-order valence-electron chi connectivity index (χ1n) is 6.99. The van der Waals surface area contributed by atoms with E-state index in [1.807, 2.05) is 0 Å². The SMILES string of the molecule is CN1N=C(c2cc(CF)n(-c3ccc(Br)cn3)n2)C(C)(C)C1=O. The lowest BCUT2D eigenvalue weighted by Crippen LogP contribution is -2.33. The number of carbonyl (C=O) groups excluding carboxylic acids is 1. The molecule has 2 aromatic rings. The Balaban J connectivity index is 2.08. The van der Waals surface area contributed by atoms with E-state index < -0.39 is 12.1 Å². The van der Waals surface area contributed by atoms with E-state index in [-0.39, 0.29) is 5.91 Å². The largest absolute Gasteiger partial charge is 0.272 e. The van der Waals surface area contributed by atoms with Crippen LogP contribution in [-0.2, 0) is 11.5 Å². The van der Waals surface area contributed by atoms with Crippen LogP contribution in [-0.4, -0.2) is 38.4 Å². The van der Waals surface area contributed by atoms with Crippen LogP contribution < -0.4 is 0 Å². The standard InChI is InChI=1S/C15H15BrFN5O/c1-15(2)13(20-21(3)14(15)23)11-6-10(7-17)22(19-11)12-5-4-9(16)8-18-12/h4-6,8H,7H2,1-3H3. The van der Waals surface area contributed by atoms with Gasteiger partial charge in [-0.1, -0.05) is 0 Å². The van der Waals surface area contributed by atoms with E-state index in [4.69, 9.17) is 0 Å². The van der Waals surface area contributed by atoms with Gasteiger partial charge >= 0.3 is 0 Å². The van der Waals surface area contributed by atoms with Gasteiger partial charge in [-0.05, 0) is 48.0 Å². The van der Waals surface area contributed by atoms with E-state index in [1.54, 1.807) is 45.3 Å². The summed E-state index contributed by atoms with van der Waals surface area (Å²) in [6.07, 6.45) is 1.62. The summed E-state index contributed by atoms with van der Waals surface area (Å²) in [5.41, 5.74) is 0.560. The number of carbonyl (C=O) groups is 1. The number of hydrogen-bond acceptors (Lipinski definition) is 4. The molecule has 1 aliphatic rings. The average molecular weight is 380 g/mol. The van der Waals surface area contributed by atoms with Crippen molar-refractivity contribution in [1.82, 2.24) is 19.8 Å². The van der Waals surface area contributed by atoms with Crippen LogP contribution in [0.25, 0.3) is 5.82 Å². The highest BCUT2D eigenvalue weighted by Crippen LogP contribution is 2.31. The second kappa shape index (κ2) is 5.52. The Morgan fingerprint density at radius 2 is 2.09 bits per heavy atom. The summed E-state index contributed by atoms with van der Waals surface area (Å²) in [5, 5.41) is 9.97. The average Bonchev–Trinajstić information content (AvgIpc) is 3.03. The Bertz CT molecular complexity index is 797. The lowest BCUT2D eigenvalue weighted by Gasteiger charge is -2.16. The minimum atomic E-state index is -0.797. The fraction of sp³-hybridized carbons (Fsp3) is 0.333. The normalized spacial score (nSPS) is 16.8. The third-order valence-corrected chi connectivity index (χ3v) is 4.23. The molecule has 6 nitrogen and oxygen atoms in total. The van der Waals surface area contributed by atoms with Crippen molar-refractivity contribution >= 4 is 27.5 Å². The number of nitrogens with zero attached hydrogens (tertiary/aromatic N) is 5. The Hall–Kier alpha value is -2.09. The molecule has 1 aliphatic heterocycles. The van der Waals surface area contributed by atoms with Crippen LogP contribution in [0.15, 0.2) is 34.0 Å². The number of hydrogen-bond donors (Lipinski definition) is 0. The molecule has 120 valence electrons. The van der Waals surface area contributed by atoms with Crippen molar-refractivity contribution in [3.63, 3.8) is 0 Å². The number of halogens is 2. The van der Waals surface area contributed by atoms with Crippen molar-refractivity contribution in [2.24, 2.45) is 10.5 Å². The van der Waals surface area contributed by atoms with Crippen LogP contribution >= 0.6 is 15.9 Å². The highest BCUT2D eigenvalue weighted by atomic mass is 79.9. The second-order valence-corrected chi connectivity index (χ2v) is 6.72. The first-order valence-corrected chi connectivity index (χ1v) is 7.78. The van der Waals surface area contributed by atoms with Crippen LogP contribution in [0.1, 0.15) is 25.2 Å². The van der Waals surface area contributed by atoms with Gasteiger partial charge in [0.15, 0.2) is 5.82 Å². The third-order valence-electron chi connectivity index (χ3n) is 3.76. The number of alkyl halides is 1. The van der Waals surface area contributed by atoms with Gasteiger partial charge in [-0.15, -0.1) is 0 Å². The summed E-state index contributed by atoms with van der Waals surface area (Å²) in [4.78, 5) is 16.4. The maximum absolute atomic E-state index is 13.4. The first-order chi connectivity index (χ1) is 10.8. The molecule has 3 rings (SSSR count). The monoisotopic (exact) mass is 379 g/mol. The second-order valence-electron chi connectivity index (χ2n) is 5.80. The van der Waals surface area contributed by atoms with E-state index >= 15 is 0 Å². The highest BCUT2D eigenvalue weighted by Gasteiger charge is 2.43. The number of rotatable bonds is 3. The minimum absolute atomic E-state index is 0.120. The van der Waals surface area contributed by atoms with Crippen molar-refractivity contribution in [1.29, 1.82) is 0 Å². The van der Waals surface area contributed by atoms with E-state index in [0.717, 1.165) is 4.47 Å². The summed E-state index contributed by atoms with van der Waals surface area (Å²) < 4.78 is 15.6. The molecule has 1 amide bonds. The fourth-order valence-electron chi connectivity index (χ4n) is 2.52. The van der Waals surface area contributed by atoms with Crippen LogP contribution in [0.4, 0.5) is 4.39 Å². The topological polar surface area (TPSA) is 63.4 Å². The van der Waals surface area contributed by atoms with Gasteiger partial charge in [0, 0.05) is 17.7 Å². The molecule has 8 heteroatoms. The predicted molar refractivity (Wildman–Crippen MR) is 87.0 cm³/mol. The van der Waals surface area contributed by atoms with Crippen molar-refractivity contribution in [2.45, 2.75) is 20.5 Å². The van der Waals surface area contributed by atoms with E-state index in [9.17, 15) is 9.18 Å². The highest BCUT2D eigenvalue weighted by molar-refractivity contribution is 9.10. The lowest BCUT2D eigenvalue weighted by molar-refractivity contribution is -0.133.